The number of benzene rings is 2. The third kappa shape index (κ3) is 3.12. The topological polar surface area (TPSA) is 71.2 Å². The molecule has 0 bridgehead atoms. The van der Waals surface area contributed by atoms with Crippen LogP contribution in [0.4, 0.5) is 4.39 Å². The lowest BCUT2D eigenvalue weighted by Crippen LogP contribution is -2.27. The fraction of sp³-hybridized carbons (Fsp3) is 0.111. The zero-order chi connectivity index (χ0) is 17.1. The molecule has 2 N–H and O–H groups in total. The second kappa shape index (κ2) is 6.54. The number of rotatable bonds is 4. The molecular weight excluding hydrogens is 311 g/mol. The highest BCUT2D eigenvalue weighted by Crippen LogP contribution is 2.18. The van der Waals surface area contributed by atoms with Gasteiger partial charge in [-0.2, -0.15) is 0 Å². The number of H-pyrrole nitrogens is 1. The van der Waals surface area contributed by atoms with Gasteiger partial charge in [0.15, 0.2) is 0 Å². The van der Waals surface area contributed by atoms with Crippen molar-refractivity contribution in [3.05, 3.63) is 75.8 Å². The summed E-state index contributed by atoms with van der Waals surface area (Å²) in [4.78, 5) is 26.9. The van der Waals surface area contributed by atoms with Crippen LogP contribution in [0.15, 0.2) is 53.3 Å². The van der Waals surface area contributed by atoms with Crippen molar-refractivity contribution >= 4 is 16.8 Å². The number of nitrogens with one attached hydrogen (secondary N) is 2. The Bertz CT molecular complexity index is 966. The molecule has 0 aliphatic heterocycles. The van der Waals surface area contributed by atoms with Crippen LogP contribution >= 0.6 is 0 Å². The third-order valence-electron chi connectivity index (χ3n) is 3.69. The zero-order valence-electron chi connectivity index (χ0n) is 12.9. The Labute approximate surface area is 137 Å². The summed E-state index contributed by atoms with van der Waals surface area (Å²) in [7, 11) is 1.56. The van der Waals surface area contributed by atoms with E-state index < -0.39 is 11.7 Å². The molecule has 0 unspecified atom stereocenters. The number of halogens is 1. The Kier molecular flexibility index (Phi) is 4.29. The van der Waals surface area contributed by atoms with Gasteiger partial charge in [-0.3, -0.25) is 9.59 Å². The summed E-state index contributed by atoms with van der Waals surface area (Å²) < 4.78 is 18.8. The molecule has 24 heavy (non-hydrogen) atoms. The van der Waals surface area contributed by atoms with Crippen molar-refractivity contribution in [1.82, 2.24) is 10.3 Å². The number of hydrogen-bond acceptors (Lipinski definition) is 3. The maximum atomic E-state index is 13.6. The minimum atomic E-state index is -0.604. The Morgan fingerprint density at radius 2 is 2.00 bits per heavy atom. The van der Waals surface area contributed by atoms with E-state index in [0.29, 0.717) is 16.8 Å². The fourth-order valence-corrected chi connectivity index (χ4v) is 2.40. The molecular formula is C18H15FN2O3. The van der Waals surface area contributed by atoms with Crippen LogP contribution in [0.3, 0.4) is 0 Å². The molecule has 0 fully saturated rings. The van der Waals surface area contributed by atoms with Gasteiger partial charge in [0.1, 0.15) is 11.6 Å². The van der Waals surface area contributed by atoms with E-state index >= 15 is 0 Å². The van der Waals surface area contributed by atoms with Gasteiger partial charge in [0.25, 0.3) is 11.5 Å². The van der Waals surface area contributed by atoms with Crippen LogP contribution in [0.1, 0.15) is 15.9 Å². The van der Waals surface area contributed by atoms with Crippen molar-refractivity contribution in [2.45, 2.75) is 6.54 Å². The third-order valence-corrected chi connectivity index (χ3v) is 3.69. The lowest BCUT2D eigenvalue weighted by Gasteiger charge is -2.08. The van der Waals surface area contributed by atoms with Crippen molar-refractivity contribution in [3.63, 3.8) is 0 Å². The second-order valence-electron chi connectivity index (χ2n) is 5.24. The molecule has 3 aromatic rings. The normalized spacial score (nSPS) is 10.6. The van der Waals surface area contributed by atoms with Crippen molar-refractivity contribution < 1.29 is 13.9 Å². The number of hydrogen-bond donors (Lipinski definition) is 2. The smallest absolute Gasteiger partial charge is 0.254 e. The van der Waals surface area contributed by atoms with Crippen LogP contribution in [0.2, 0.25) is 0 Å². The lowest BCUT2D eigenvalue weighted by atomic mass is 10.1. The van der Waals surface area contributed by atoms with Gasteiger partial charge in [0, 0.05) is 23.0 Å². The number of carbonyl (C=O) groups excluding carboxylic acids is 1. The van der Waals surface area contributed by atoms with Gasteiger partial charge in [-0.1, -0.05) is 12.1 Å². The first kappa shape index (κ1) is 15.7. The average molecular weight is 326 g/mol. The predicted molar refractivity (Wildman–Crippen MR) is 88.7 cm³/mol. The van der Waals surface area contributed by atoms with E-state index in [1.807, 2.05) is 0 Å². The van der Waals surface area contributed by atoms with E-state index in [0.717, 1.165) is 5.39 Å². The zero-order valence-corrected chi connectivity index (χ0v) is 12.9. The monoisotopic (exact) mass is 326 g/mol. The fourth-order valence-electron chi connectivity index (χ4n) is 2.40. The molecule has 6 heteroatoms. The van der Waals surface area contributed by atoms with E-state index in [9.17, 15) is 14.0 Å². The summed E-state index contributed by atoms with van der Waals surface area (Å²) in [5.41, 5.74) is 0.684. The van der Waals surface area contributed by atoms with Gasteiger partial charge in [0.2, 0.25) is 0 Å². The molecule has 0 atom stereocenters. The molecule has 2 aromatic carbocycles. The molecule has 0 aliphatic rings. The van der Waals surface area contributed by atoms with E-state index in [1.54, 1.807) is 37.4 Å². The van der Waals surface area contributed by atoms with Crippen molar-refractivity contribution in [3.8, 4) is 5.75 Å². The summed E-state index contributed by atoms with van der Waals surface area (Å²) in [5, 5.41) is 3.34. The number of fused-ring (bicyclic) bond motifs is 1. The van der Waals surface area contributed by atoms with Crippen LogP contribution in [-0.4, -0.2) is 18.0 Å². The number of carbonyl (C=O) groups is 1. The molecule has 1 heterocycles. The number of ether oxygens (including phenoxy) is 1. The summed E-state index contributed by atoms with van der Waals surface area (Å²) in [6, 6.07) is 12.6. The van der Waals surface area contributed by atoms with Gasteiger partial charge in [-0.05, 0) is 36.4 Å². The van der Waals surface area contributed by atoms with Crippen molar-refractivity contribution in [1.29, 1.82) is 0 Å². The molecule has 5 nitrogen and oxygen atoms in total. The van der Waals surface area contributed by atoms with E-state index in [-0.39, 0.29) is 17.7 Å². The molecule has 0 spiro atoms. The van der Waals surface area contributed by atoms with Gasteiger partial charge in [-0.25, -0.2) is 4.39 Å². The van der Waals surface area contributed by atoms with Crippen molar-refractivity contribution in [2.75, 3.05) is 7.11 Å². The molecule has 122 valence electrons. The molecule has 3 rings (SSSR count). The first-order valence-electron chi connectivity index (χ1n) is 7.31. The first-order chi connectivity index (χ1) is 11.6. The van der Waals surface area contributed by atoms with Crippen LogP contribution in [0, 0.1) is 5.82 Å². The number of aromatic amines is 1. The highest BCUT2D eigenvalue weighted by molar-refractivity contribution is 5.94. The number of methoxy groups -OCH3 is 1. The van der Waals surface area contributed by atoms with Crippen LogP contribution in [0.5, 0.6) is 5.75 Å². The van der Waals surface area contributed by atoms with Crippen LogP contribution in [-0.2, 0) is 6.54 Å². The first-order valence-corrected chi connectivity index (χ1v) is 7.31. The number of aromatic nitrogens is 1. The van der Waals surface area contributed by atoms with Gasteiger partial charge in [-0.15, -0.1) is 0 Å². The molecule has 1 amide bonds. The molecule has 1 aromatic heterocycles. The average Bonchev–Trinajstić information content (AvgIpc) is 2.59. The highest BCUT2D eigenvalue weighted by Gasteiger charge is 2.11. The Morgan fingerprint density at radius 3 is 2.75 bits per heavy atom. The molecule has 0 saturated carbocycles. The maximum absolute atomic E-state index is 13.6. The predicted octanol–water partition coefficient (Wildman–Crippen LogP) is 2.61. The van der Waals surface area contributed by atoms with Crippen molar-refractivity contribution in [2.24, 2.45) is 0 Å². The van der Waals surface area contributed by atoms with E-state index in [2.05, 4.69) is 10.3 Å². The SMILES string of the molecule is COc1ccc2[nH]c(=O)c(CNC(=O)c3ccccc3F)cc2c1. The Morgan fingerprint density at radius 1 is 1.21 bits per heavy atom. The minimum absolute atomic E-state index is 0.00431. The van der Waals surface area contributed by atoms with Gasteiger partial charge >= 0.3 is 0 Å². The molecule has 0 saturated heterocycles. The Hall–Kier alpha value is -3.15. The summed E-state index contributed by atoms with van der Waals surface area (Å²) >= 11 is 0. The number of pyridine rings is 1. The molecule has 0 radical (unpaired) electrons. The summed E-state index contributed by atoms with van der Waals surface area (Å²) in [6.45, 7) is -0.00431. The highest BCUT2D eigenvalue weighted by atomic mass is 19.1. The van der Waals surface area contributed by atoms with E-state index in [4.69, 9.17) is 4.74 Å². The second-order valence-corrected chi connectivity index (χ2v) is 5.24. The minimum Gasteiger partial charge on any atom is -0.497 e. The lowest BCUT2D eigenvalue weighted by molar-refractivity contribution is 0.0947. The van der Waals surface area contributed by atoms with Crippen LogP contribution in [0.25, 0.3) is 10.9 Å². The summed E-state index contributed by atoms with van der Waals surface area (Å²) in [5.74, 6) is -0.513. The Balaban J connectivity index is 1.84. The molecule has 0 aliphatic carbocycles. The van der Waals surface area contributed by atoms with Gasteiger partial charge in [0.05, 0.1) is 12.7 Å². The van der Waals surface area contributed by atoms with E-state index in [1.165, 1.54) is 18.2 Å². The quantitative estimate of drug-likeness (QED) is 0.774. The van der Waals surface area contributed by atoms with Gasteiger partial charge < -0.3 is 15.0 Å². The van der Waals surface area contributed by atoms with Crippen LogP contribution < -0.4 is 15.6 Å². The standard InChI is InChI=1S/C18H15FN2O3/c1-24-13-6-7-16-11(9-13)8-12(17(22)21-16)10-20-18(23)14-4-2-3-5-15(14)19/h2-9H,10H2,1H3,(H,20,23)(H,21,22). The summed E-state index contributed by atoms with van der Waals surface area (Å²) in [6.07, 6.45) is 0. The number of amides is 1. The largest absolute Gasteiger partial charge is 0.497 e. The maximum Gasteiger partial charge on any atom is 0.254 e.